The van der Waals surface area contributed by atoms with Crippen LogP contribution in [0.1, 0.15) is 32.6 Å². The third kappa shape index (κ3) is 4.24. The number of amides is 1. The maximum Gasteiger partial charge on any atom is 0.227 e. The van der Waals surface area contributed by atoms with E-state index in [9.17, 15) is 4.79 Å². The molecule has 1 aliphatic rings. The molecule has 4 nitrogen and oxygen atoms in total. The highest BCUT2D eigenvalue weighted by atomic mass is 35.5. The van der Waals surface area contributed by atoms with Crippen LogP contribution in [0.4, 0.5) is 5.69 Å². The molecule has 3 N–H and O–H groups in total. The van der Waals surface area contributed by atoms with E-state index >= 15 is 0 Å². The molecule has 0 bridgehead atoms. The van der Waals surface area contributed by atoms with Gasteiger partial charge in [-0.2, -0.15) is 0 Å². The summed E-state index contributed by atoms with van der Waals surface area (Å²) in [6.07, 6.45) is 6.38. The van der Waals surface area contributed by atoms with Gasteiger partial charge in [0, 0.05) is 35.2 Å². The summed E-state index contributed by atoms with van der Waals surface area (Å²) >= 11 is 0. The van der Waals surface area contributed by atoms with Crippen LogP contribution in [0.15, 0.2) is 30.5 Å². The minimum absolute atomic E-state index is 0. The number of rotatable bonds is 5. The van der Waals surface area contributed by atoms with Crippen molar-refractivity contribution in [3.63, 3.8) is 0 Å². The molecule has 2 atom stereocenters. The lowest BCUT2D eigenvalue weighted by Gasteiger charge is -2.17. The molecule has 24 heavy (non-hydrogen) atoms. The van der Waals surface area contributed by atoms with Crippen LogP contribution in [0.3, 0.4) is 0 Å². The highest BCUT2D eigenvalue weighted by molar-refractivity contribution is 5.95. The summed E-state index contributed by atoms with van der Waals surface area (Å²) in [4.78, 5) is 12.5. The Kier molecular flexibility index (Phi) is 8.07. The number of nitrogens with two attached hydrogens (primary N) is 1. The van der Waals surface area contributed by atoms with Crippen LogP contribution in [0.2, 0.25) is 0 Å². The molecule has 1 aliphatic carbocycles. The molecule has 1 amide bonds. The number of anilines is 1. The molecule has 6 heteroatoms. The van der Waals surface area contributed by atoms with Gasteiger partial charge in [0.2, 0.25) is 5.91 Å². The van der Waals surface area contributed by atoms with Gasteiger partial charge in [0.15, 0.2) is 0 Å². The number of carbonyl (C=O) groups is 1. The lowest BCUT2D eigenvalue weighted by Crippen LogP contribution is -2.29. The molecular formula is C18H27Cl2N3O. The van der Waals surface area contributed by atoms with E-state index in [2.05, 4.69) is 41.2 Å². The molecule has 0 aliphatic heterocycles. The van der Waals surface area contributed by atoms with Crippen LogP contribution in [0.5, 0.6) is 0 Å². The van der Waals surface area contributed by atoms with Crippen molar-refractivity contribution in [1.29, 1.82) is 0 Å². The maximum absolute atomic E-state index is 12.5. The predicted molar refractivity (Wildman–Crippen MR) is 105 cm³/mol. The van der Waals surface area contributed by atoms with Gasteiger partial charge >= 0.3 is 0 Å². The third-order valence-corrected chi connectivity index (χ3v) is 4.80. The smallest absolute Gasteiger partial charge is 0.227 e. The Morgan fingerprint density at radius 2 is 2.08 bits per heavy atom. The van der Waals surface area contributed by atoms with Gasteiger partial charge in [-0.1, -0.05) is 13.3 Å². The van der Waals surface area contributed by atoms with Crippen molar-refractivity contribution in [2.24, 2.45) is 17.6 Å². The fourth-order valence-electron chi connectivity index (χ4n) is 3.61. The summed E-state index contributed by atoms with van der Waals surface area (Å²) in [5.41, 5.74) is 7.88. The Morgan fingerprint density at radius 3 is 2.79 bits per heavy atom. The highest BCUT2D eigenvalue weighted by Gasteiger charge is 2.31. The number of halogens is 2. The minimum Gasteiger partial charge on any atom is -0.347 e. The summed E-state index contributed by atoms with van der Waals surface area (Å²) < 4.78 is 2.25. The van der Waals surface area contributed by atoms with Gasteiger partial charge in [-0.3, -0.25) is 4.79 Å². The fraction of sp³-hybridized carbons (Fsp3) is 0.500. The number of nitrogens with one attached hydrogen (secondary N) is 1. The zero-order chi connectivity index (χ0) is 15.5. The van der Waals surface area contributed by atoms with Crippen molar-refractivity contribution in [2.75, 3.05) is 11.9 Å². The molecule has 1 saturated carbocycles. The second-order valence-corrected chi connectivity index (χ2v) is 6.31. The van der Waals surface area contributed by atoms with Crippen LogP contribution in [-0.4, -0.2) is 17.0 Å². The fourth-order valence-corrected chi connectivity index (χ4v) is 3.61. The molecule has 0 radical (unpaired) electrons. The van der Waals surface area contributed by atoms with Crippen LogP contribution in [-0.2, 0) is 11.3 Å². The normalized spacial score (nSPS) is 19.6. The molecular weight excluding hydrogens is 345 g/mol. The monoisotopic (exact) mass is 371 g/mol. The zero-order valence-electron chi connectivity index (χ0n) is 14.0. The van der Waals surface area contributed by atoms with Crippen LogP contribution in [0, 0.1) is 11.8 Å². The summed E-state index contributed by atoms with van der Waals surface area (Å²) in [6, 6.07) is 8.26. The van der Waals surface area contributed by atoms with Crippen molar-refractivity contribution < 1.29 is 4.79 Å². The van der Waals surface area contributed by atoms with Crippen molar-refractivity contribution in [2.45, 2.75) is 39.2 Å². The van der Waals surface area contributed by atoms with E-state index in [-0.39, 0.29) is 36.6 Å². The second-order valence-electron chi connectivity index (χ2n) is 6.31. The lowest BCUT2D eigenvalue weighted by molar-refractivity contribution is -0.120. The first kappa shape index (κ1) is 20.8. The van der Waals surface area contributed by atoms with Crippen LogP contribution in [0.25, 0.3) is 10.9 Å². The molecule has 134 valence electrons. The Balaban J connectivity index is 0.00000144. The number of fused-ring (bicyclic) bond motifs is 1. The average molecular weight is 372 g/mol. The number of hydrogen-bond acceptors (Lipinski definition) is 2. The zero-order valence-corrected chi connectivity index (χ0v) is 15.7. The highest BCUT2D eigenvalue weighted by Crippen LogP contribution is 2.32. The number of benzene rings is 1. The average Bonchev–Trinajstić information content (AvgIpc) is 3.14. The lowest BCUT2D eigenvalue weighted by atomic mass is 9.95. The molecule has 1 aromatic heterocycles. The number of hydrogen-bond donors (Lipinski definition) is 2. The first-order valence-corrected chi connectivity index (χ1v) is 8.32. The summed E-state index contributed by atoms with van der Waals surface area (Å²) in [5.74, 6) is 0.542. The number of aromatic nitrogens is 1. The molecule has 0 unspecified atom stereocenters. The largest absolute Gasteiger partial charge is 0.347 e. The van der Waals surface area contributed by atoms with E-state index in [0.717, 1.165) is 37.9 Å². The quantitative estimate of drug-likeness (QED) is 0.826. The first-order chi connectivity index (χ1) is 10.7. The van der Waals surface area contributed by atoms with Crippen molar-refractivity contribution >= 4 is 47.3 Å². The molecule has 2 aromatic rings. The molecule has 1 heterocycles. The Labute approximate surface area is 156 Å². The number of nitrogens with zero attached hydrogens (tertiary/aromatic N) is 1. The second kappa shape index (κ2) is 9.30. The van der Waals surface area contributed by atoms with Crippen LogP contribution >= 0.6 is 24.8 Å². The van der Waals surface area contributed by atoms with E-state index < -0.39 is 0 Å². The van der Waals surface area contributed by atoms with Gasteiger partial charge in [0.1, 0.15) is 0 Å². The van der Waals surface area contributed by atoms with Crippen molar-refractivity contribution in [1.82, 2.24) is 4.57 Å². The van der Waals surface area contributed by atoms with Crippen molar-refractivity contribution in [3.05, 3.63) is 30.5 Å². The van der Waals surface area contributed by atoms with Gasteiger partial charge in [-0.15, -0.1) is 24.8 Å². The van der Waals surface area contributed by atoms with E-state index in [1.54, 1.807) is 0 Å². The van der Waals surface area contributed by atoms with Gasteiger partial charge in [0.25, 0.3) is 0 Å². The minimum atomic E-state index is 0. The molecule has 1 aromatic carbocycles. The third-order valence-electron chi connectivity index (χ3n) is 4.80. The summed E-state index contributed by atoms with van der Waals surface area (Å²) in [5, 5.41) is 4.25. The Bertz CT molecular complexity index is 671. The Morgan fingerprint density at radius 1 is 1.29 bits per heavy atom. The van der Waals surface area contributed by atoms with Gasteiger partial charge in [0.05, 0.1) is 0 Å². The van der Waals surface area contributed by atoms with E-state index in [1.165, 1.54) is 10.9 Å². The van der Waals surface area contributed by atoms with Crippen molar-refractivity contribution in [3.8, 4) is 0 Å². The maximum atomic E-state index is 12.5. The first-order valence-electron chi connectivity index (χ1n) is 8.32. The summed E-state index contributed by atoms with van der Waals surface area (Å²) in [6.45, 7) is 3.81. The predicted octanol–water partition coefficient (Wildman–Crippen LogP) is 4.21. The molecule has 0 saturated heterocycles. The standard InChI is InChI=1S/C18H25N3O.2ClH/c1-2-9-21-10-8-13-11-15(6-7-17(13)21)20-18(22)16-5-3-4-14(16)12-19;;/h6-8,10-11,14,16H,2-5,9,12,19H2,1H3,(H,20,22);2*1H/t14-,16-;;/m1../s1. The van der Waals surface area contributed by atoms with E-state index in [0.29, 0.717) is 12.5 Å². The number of aryl methyl sites for hydroxylation is 1. The van der Waals surface area contributed by atoms with Crippen LogP contribution < -0.4 is 11.1 Å². The van der Waals surface area contributed by atoms with Gasteiger partial charge < -0.3 is 15.6 Å². The summed E-state index contributed by atoms with van der Waals surface area (Å²) in [7, 11) is 0. The molecule has 0 spiro atoms. The SMILES string of the molecule is CCCn1ccc2cc(NC(=O)[C@@H]3CCC[C@@H]3CN)ccc21.Cl.Cl. The molecule has 1 fully saturated rings. The van der Waals surface area contributed by atoms with Gasteiger partial charge in [-0.05, 0) is 56.0 Å². The van der Waals surface area contributed by atoms with Gasteiger partial charge in [-0.25, -0.2) is 0 Å². The van der Waals surface area contributed by atoms with E-state index in [1.807, 2.05) is 6.07 Å². The van der Waals surface area contributed by atoms with E-state index in [4.69, 9.17) is 5.73 Å². The topological polar surface area (TPSA) is 60.0 Å². The molecule has 3 rings (SSSR count). The Hall–Kier alpha value is -1.23. The number of carbonyl (C=O) groups excluding carboxylic acids is 1.